The molecule has 0 amide bonds. The Kier molecular flexibility index (Phi) is 5.36. The Balaban J connectivity index is 1.41. The van der Waals surface area contributed by atoms with E-state index < -0.39 is 16.0 Å². The molecule has 4 aromatic rings. The number of aromatic nitrogens is 1. The predicted molar refractivity (Wildman–Crippen MR) is 129 cm³/mol. The highest BCUT2D eigenvalue weighted by molar-refractivity contribution is 7.92. The van der Waals surface area contributed by atoms with Crippen molar-refractivity contribution in [3.63, 3.8) is 0 Å². The molecule has 34 heavy (non-hydrogen) atoms. The summed E-state index contributed by atoms with van der Waals surface area (Å²) in [7, 11) is -3.84. The van der Waals surface area contributed by atoms with E-state index in [4.69, 9.17) is 5.11 Å². The van der Waals surface area contributed by atoms with Gasteiger partial charge in [0.05, 0.1) is 10.6 Å². The van der Waals surface area contributed by atoms with Crippen LogP contribution in [-0.2, 0) is 16.4 Å². The van der Waals surface area contributed by atoms with Gasteiger partial charge in [0.1, 0.15) is 5.69 Å². The van der Waals surface area contributed by atoms with E-state index in [1.54, 1.807) is 42.5 Å². The minimum atomic E-state index is -3.84. The third-order valence-corrected chi connectivity index (χ3v) is 6.93. The smallest absolute Gasteiger partial charge is 0.354 e. The van der Waals surface area contributed by atoms with Gasteiger partial charge in [-0.3, -0.25) is 4.72 Å². The maximum absolute atomic E-state index is 13.2. The third-order valence-electron chi connectivity index (χ3n) is 5.57. The maximum atomic E-state index is 13.2. The van der Waals surface area contributed by atoms with E-state index >= 15 is 0 Å². The fourth-order valence-corrected chi connectivity index (χ4v) is 5.04. The number of hydrogen-bond donors (Lipinski definition) is 2. The van der Waals surface area contributed by atoms with Gasteiger partial charge in [0.25, 0.3) is 10.0 Å². The van der Waals surface area contributed by atoms with Crippen LogP contribution in [0.25, 0.3) is 11.1 Å². The van der Waals surface area contributed by atoms with Crippen LogP contribution < -0.4 is 4.72 Å². The second kappa shape index (κ2) is 8.50. The maximum Gasteiger partial charge on any atom is 0.354 e. The second-order valence-electron chi connectivity index (χ2n) is 7.79. The van der Waals surface area contributed by atoms with Crippen LogP contribution in [0.15, 0.2) is 90.0 Å². The molecule has 0 spiro atoms. The quantitative estimate of drug-likeness (QED) is 0.379. The average molecular weight is 467 g/mol. The minimum absolute atomic E-state index is 0.0730. The van der Waals surface area contributed by atoms with Crippen molar-refractivity contribution < 1.29 is 18.3 Å². The molecule has 7 heteroatoms. The number of nitrogens with one attached hydrogen (secondary N) is 1. The molecule has 1 heterocycles. The molecule has 3 aromatic carbocycles. The van der Waals surface area contributed by atoms with Crippen molar-refractivity contribution in [1.29, 1.82) is 0 Å². The lowest BCUT2D eigenvalue weighted by molar-refractivity contribution is 0.0690. The number of para-hydroxylation sites is 1. The zero-order valence-electron chi connectivity index (χ0n) is 17.8. The fraction of sp³-hybridized carbons (Fsp3) is 0.0370. The van der Waals surface area contributed by atoms with Gasteiger partial charge < -0.3 is 5.11 Å². The molecule has 5 rings (SSSR count). The summed E-state index contributed by atoms with van der Waals surface area (Å²) in [5.41, 5.74) is 5.65. The van der Waals surface area contributed by atoms with Gasteiger partial charge in [0.2, 0.25) is 0 Å². The number of nitrogens with zero attached hydrogens (tertiary/aromatic N) is 1. The largest absolute Gasteiger partial charge is 0.477 e. The molecular weight excluding hydrogens is 448 g/mol. The number of hydrogen-bond acceptors (Lipinski definition) is 4. The monoisotopic (exact) mass is 466 g/mol. The number of carbonyl (C=O) groups is 1. The Morgan fingerprint density at radius 3 is 2.44 bits per heavy atom. The third kappa shape index (κ3) is 4.15. The predicted octanol–water partition coefficient (Wildman–Crippen LogP) is 4.55. The Labute approximate surface area is 197 Å². The molecule has 0 unspecified atom stereocenters. The van der Waals surface area contributed by atoms with Gasteiger partial charge in [-0.05, 0) is 65.1 Å². The minimum Gasteiger partial charge on any atom is -0.477 e. The SMILES string of the molecule is O=C(O)c1ccc(C#Cc2ccccc2NS(=O)(=O)c2ccc3c(c2)Cc2ccccc2-3)cn1. The number of sulfonamides is 1. The molecule has 6 nitrogen and oxygen atoms in total. The van der Waals surface area contributed by atoms with Crippen molar-refractivity contribution in [1.82, 2.24) is 4.98 Å². The van der Waals surface area contributed by atoms with Crippen LogP contribution in [0.3, 0.4) is 0 Å². The summed E-state index contributed by atoms with van der Waals surface area (Å²) in [5.74, 6) is 4.72. The Morgan fingerprint density at radius 1 is 0.882 bits per heavy atom. The molecule has 0 fully saturated rings. The van der Waals surface area contributed by atoms with Gasteiger partial charge in [0, 0.05) is 17.3 Å². The molecule has 0 saturated heterocycles. The Morgan fingerprint density at radius 2 is 1.65 bits per heavy atom. The topological polar surface area (TPSA) is 96.4 Å². The van der Waals surface area contributed by atoms with E-state index in [0.717, 1.165) is 16.7 Å². The van der Waals surface area contributed by atoms with Crippen LogP contribution in [0, 0.1) is 11.8 Å². The molecule has 166 valence electrons. The second-order valence-corrected chi connectivity index (χ2v) is 9.47. The molecule has 0 saturated carbocycles. The summed E-state index contributed by atoms with van der Waals surface area (Å²) in [6, 6.07) is 23.0. The van der Waals surface area contributed by atoms with Crippen molar-refractivity contribution in [3.8, 4) is 23.0 Å². The lowest BCUT2D eigenvalue weighted by Crippen LogP contribution is -2.14. The summed E-state index contributed by atoms with van der Waals surface area (Å²) >= 11 is 0. The summed E-state index contributed by atoms with van der Waals surface area (Å²) < 4.78 is 29.0. The zero-order chi connectivity index (χ0) is 23.7. The summed E-state index contributed by atoms with van der Waals surface area (Å²) in [4.78, 5) is 15.0. The van der Waals surface area contributed by atoms with Crippen LogP contribution in [0.1, 0.15) is 32.7 Å². The highest BCUT2D eigenvalue weighted by Crippen LogP contribution is 2.37. The number of carboxylic acids is 1. The lowest BCUT2D eigenvalue weighted by atomic mass is 10.1. The first-order chi connectivity index (χ1) is 16.4. The normalized spacial score (nSPS) is 11.6. The summed E-state index contributed by atoms with van der Waals surface area (Å²) in [5, 5.41) is 8.96. The zero-order valence-corrected chi connectivity index (χ0v) is 18.6. The molecule has 0 atom stereocenters. The average Bonchev–Trinajstić information content (AvgIpc) is 3.21. The number of rotatable bonds is 4. The fourth-order valence-electron chi connectivity index (χ4n) is 3.91. The Hall–Kier alpha value is -4.41. The first-order valence-electron chi connectivity index (χ1n) is 10.5. The van der Waals surface area contributed by atoms with Crippen LogP contribution in [0.4, 0.5) is 5.69 Å². The first-order valence-corrected chi connectivity index (χ1v) is 11.9. The van der Waals surface area contributed by atoms with Gasteiger partial charge in [0.15, 0.2) is 0 Å². The van der Waals surface area contributed by atoms with Crippen molar-refractivity contribution in [3.05, 3.63) is 113 Å². The van der Waals surface area contributed by atoms with Gasteiger partial charge in [-0.15, -0.1) is 0 Å². The van der Waals surface area contributed by atoms with Crippen molar-refractivity contribution in [2.75, 3.05) is 4.72 Å². The van der Waals surface area contributed by atoms with Crippen molar-refractivity contribution >= 4 is 21.7 Å². The number of pyridine rings is 1. The highest BCUT2D eigenvalue weighted by atomic mass is 32.2. The number of benzene rings is 3. The van der Waals surface area contributed by atoms with E-state index in [2.05, 4.69) is 27.6 Å². The van der Waals surface area contributed by atoms with E-state index in [0.29, 0.717) is 23.2 Å². The molecular formula is C27H18N2O4S. The number of carboxylic acid groups (broad SMARTS) is 1. The number of anilines is 1. The Bertz CT molecular complexity index is 1600. The molecule has 0 radical (unpaired) electrons. The van der Waals surface area contributed by atoms with Gasteiger partial charge in [-0.1, -0.05) is 54.3 Å². The van der Waals surface area contributed by atoms with Crippen LogP contribution >= 0.6 is 0 Å². The van der Waals surface area contributed by atoms with Gasteiger partial charge in [-0.25, -0.2) is 18.2 Å². The number of fused-ring (bicyclic) bond motifs is 3. The molecule has 1 aromatic heterocycles. The van der Waals surface area contributed by atoms with Crippen molar-refractivity contribution in [2.45, 2.75) is 11.3 Å². The van der Waals surface area contributed by atoms with Crippen molar-refractivity contribution in [2.24, 2.45) is 0 Å². The van der Waals surface area contributed by atoms with E-state index in [9.17, 15) is 13.2 Å². The van der Waals surface area contributed by atoms with Crippen LogP contribution in [0.2, 0.25) is 0 Å². The van der Waals surface area contributed by atoms with Gasteiger partial charge >= 0.3 is 5.97 Å². The lowest BCUT2D eigenvalue weighted by Gasteiger charge is -2.11. The molecule has 1 aliphatic rings. The van der Waals surface area contributed by atoms with E-state index in [1.807, 2.05) is 24.3 Å². The van der Waals surface area contributed by atoms with E-state index in [-0.39, 0.29) is 10.6 Å². The molecule has 0 bridgehead atoms. The van der Waals surface area contributed by atoms with Gasteiger partial charge in [-0.2, -0.15) is 0 Å². The molecule has 1 aliphatic carbocycles. The molecule has 2 N–H and O–H groups in total. The summed E-state index contributed by atoms with van der Waals surface area (Å²) in [6.45, 7) is 0. The highest BCUT2D eigenvalue weighted by Gasteiger charge is 2.22. The number of aromatic carboxylic acids is 1. The van der Waals surface area contributed by atoms with E-state index in [1.165, 1.54) is 17.8 Å². The summed E-state index contributed by atoms with van der Waals surface area (Å²) in [6.07, 6.45) is 2.07. The van der Waals surface area contributed by atoms with Crippen LogP contribution in [-0.4, -0.2) is 24.5 Å². The standard InChI is InChI=1S/C27H18N2O4S/c30-27(31)26-14-10-18(17-28-26)9-11-19-5-2-4-8-25(19)29-34(32,33)22-12-13-24-21(16-22)15-20-6-1-3-7-23(20)24/h1-8,10,12-14,16-17,29H,15H2,(H,30,31). The first kappa shape index (κ1) is 21.4. The van der Waals surface area contributed by atoms with Crippen LogP contribution in [0.5, 0.6) is 0 Å². The molecule has 0 aliphatic heterocycles.